The fourth-order valence-corrected chi connectivity index (χ4v) is 4.09. The summed E-state index contributed by atoms with van der Waals surface area (Å²) in [6.45, 7) is 9.52. The zero-order chi connectivity index (χ0) is 17.3. The van der Waals surface area contributed by atoms with Crippen LogP contribution in [0.25, 0.3) is 0 Å². The van der Waals surface area contributed by atoms with Crippen molar-refractivity contribution in [3.63, 3.8) is 0 Å². The fraction of sp³-hybridized carbons (Fsp3) is 0.450. The molecule has 2 aromatic rings. The third-order valence-electron chi connectivity index (χ3n) is 4.68. The Bertz CT molecular complexity index is 712. The van der Waals surface area contributed by atoms with Gasteiger partial charge < -0.3 is 9.64 Å². The maximum Gasteiger partial charge on any atom is 0.261 e. The minimum atomic E-state index is 0.0549. The minimum absolute atomic E-state index is 0.0549. The predicted molar refractivity (Wildman–Crippen MR) is 98.8 cm³/mol. The molecule has 3 rings (SSSR count). The Balaban J connectivity index is 1.60. The maximum absolute atomic E-state index is 12.5. The number of carbonyl (C=O) groups excluding carboxylic acids is 1. The lowest BCUT2D eigenvalue weighted by atomic mass is 9.87. The SMILES string of the molecule is C[C@@H]1c2ccsc2CCN1C(=O)COc1ccc(C(C)(C)C)cc1. The van der Waals surface area contributed by atoms with Gasteiger partial charge in [-0.25, -0.2) is 0 Å². The van der Waals surface area contributed by atoms with Crippen LogP contribution in [0.1, 0.15) is 49.7 Å². The molecule has 0 radical (unpaired) electrons. The quantitative estimate of drug-likeness (QED) is 0.817. The number of nitrogens with zero attached hydrogens (tertiary/aromatic N) is 1. The van der Waals surface area contributed by atoms with Crippen molar-refractivity contribution in [2.45, 2.75) is 45.6 Å². The van der Waals surface area contributed by atoms with E-state index >= 15 is 0 Å². The number of hydrogen-bond donors (Lipinski definition) is 0. The molecule has 0 aliphatic carbocycles. The van der Waals surface area contributed by atoms with E-state index in [0.29, 0.717) is 0 Å². The number of carbonyl (C=O) groups is 1. The molecule has 1 aromatic heterocycles. The molecule has 1 atom stereocenters. The fourth-order valence-electron chi connectivity index (χ4n) is 3.13. The first-order valence-electron chi connectivity index (χ1n) is 8.45. The van der Waals surface area contributed by atoms with Gasteiger partial charge in [0.05, 0.1) is 6.04 Å². The Morgan fingerprint density at radius 3 is 2.62 bits per heavy atom. The van der Waals surface area contributed by atoms with Crippen LogP contribution in [0.4, 0.5) is 0 Å². The highest BCUT2D eigenvalue weighted by Gasteiger charge is 2.28. The lowest BCUT2D eigenvalue weighted by Gasteiger charge is -2.33. The van der Waals surface area contributed by atoms with Gasteiger partial charge in [-0.15, -0.1) is 11.3 Å². The molecule has 0 fully saturated rings. The van der Waals surface area contributed by atoms with Crippen LogP contribution in [-0.4, -0.2) is 24.0 Å². The maximum atomic E-state index is 12.5. The van der Waals surface area contributed by atoms with Crippen LogP contribution in [0.5, 0.6) is 5.75 Å². The Morgan fingerprint density at radius 2 is 1.96 bits per heavy atom. The van der Waals surface area contributed by atoms with Gasteiger partial charge in [0.2, 0.25) is 0 Å². The van der Waals surface area contributed by atoms with Crippen molar-refractivity contribution in [3.8, 4) is 5.75 Å². The topological polar surface area (TPSA) is 29.5 Å². The normalized spacial score (nSPS) is 17.5. The van der Waals surface area contributed by atoms with Crippen LogP contribution < -0.4 is 4.74 Å². The first-order valence-corrected chi connectivity index (χ1v) is 9.33. The van der Waals surface area contributed by atoms with Crippen LogP contribution >= 0.6 is 11.3 Å². The highest BCUT2D eigenvalue weighted by Crippen LogP contribution is 2.32. The van der Waals surface area contributed by atoms with Crippen LogP contribution in [0.2, 0.25) is 0 Å². The summed E-state index contributed by atoms with van der Waals surface area (Å²) < 4.78 is 5.72. The molecular formula is C20H25NO2S. The predicted octanol–water partition coefficient (Wildman–Crippen LogP) is 4.57. The van der Waals surface area contributed by atoms with Crippen LogP contribution in [0, 0.1) is 0 Å². The van der Waals surface area contributed by atoms with Crippen molar-refractivity contribution in [2.75, 3.05) is 13.2 Å². The molecule has 0 saturated carbocycles. The van der Waals surface area contributed by atoms with Crippen molar-refractivity contribution in [1.82, 2.24) is 4.90 Å². The van der Waals surface area contributed by atoms with E-state index in [9.17, 15) is 4.79 Å². The molecule has 0 N–H and O–H groups in total. The summed E-state index contributed by atoms with van der Waals surface area (Å²) in [5, 5.41) is 2.11. The summed E-state index contributed by atoms with van der Waals surface area (Å²) in [6, 6.07) is 10.3. The van der Waals surface area contributed by atoms with Gasteiger partial charge >= 0.3 is 0 Å². The number of ether oxygens (including phenoxy) is 1. The zero-order valence-electron chi connectivity index (χ0n) is 14.8. The smallest absolute Gasteiger partial charge is 0.261 e. The molecule has 2 heterocycles. The van der Waals surface area contributed by atoms with Gasteiger partial charge in [0.25, 0.3) is 5.91 Å². The molecular weight excluding hydrogens is 318 g/mol. The summed E-state index contributed by atoms with van der Waals surface area (Å²) in [5.74, 6) is 0.802. The number of fused-ring (bicyclic) bond motifs is 1. The molecule has 1 aliphatic heterocycles. The van der Waals surface area contributed by atoms with Gasteiger partial charge in [-0.05, 0) is 53.5 Å². The third kappa shape index (κ3) is 3.48. The molecule has 0 unspecified atom stereocenters. The van der Waals surface area contributed by atoms with Gasteiger partial charge in [0.1, 0.15) is 5.75 Å². The summed E-state index contributed by atoms with van der Waals surface area (Å²) in [7, 11) is 0. The Hall–Kier alpha value is -1.81. The summed E-state index contributed by atoms with van der Waals surface area (Å²) in [5.41, 5.74) is 2.67. The van der Waals surface area contributed by atoms with E-state index in [2.05, 4.69) is 51.3 Å². The summed E-state index contributed by atoms with van der Waals surface area (Å²) in [6.07, 6.45) is 0.948. The molecule has 1 aliphatic rings. The zero-order valence-corrected chi connectivity index (χ0v) is 15.7. The second-order valence-electron chi connectivity index (χ2n) is 7.38. The van der Waals surface area contributed by atoms with E-state index in [1.165, 1.54) is 16.0 Å². The molecule has 1 aromatic carbocycles. The van der Waals surface area contributed by atoms with Crippen molar-refractivity contribution in [1.29, 1.82) is 0 Å². The summed E-state index contributed by atoms with van der Waals surface area (Å²) in [4.78, 5) is 15.9. The molecule has 24 heavy (non-hydrogen) atoms. The first-order chi connectivity index (χ1) is 11.4. The largest absolute Gasteiger partial charge is 0.484 e. The Morgan fingerprint density at radius 1 is 1.25 bits per heavy atom. The standard InChI is InChI=1S/C20H25NO2S/c1-14-17-10-12-24-18(17)9-11-21(14)19(22)13-23-16-7-5-15(6-8-16)20(2,3)4/h5-8,10,12,14H,9,11,13H2,1-4H3/t14-/m1/s1. The number of rotatable bonds is 3. The molecule has 0 spiro atoms. The second kappa shape index (κ2) is 6.60. The van der Waals surface area contributed by atoms with E-state index < -0.39 is 0 Å². The van der Waals surface area contributed by atoms with Gasteiger partial charge in [0, 0.05) is 11.4 Å². The van der Waals surface area contributed by atoms with Crippen molar-refractivity contribution in [2.24, 2.45) is 0 Å². The van der Waals surface area contributed by atoms with E-state index in [1.54, 1.807) is 11.3 Å². The molecule has 3 nitrogen and oxygen atoms in total. The van der Waals surface area contributed by atoms with Crippen molar-refractivity contribution < 1.29 is 9.53 Å². The van der Waals surface area contributed by atoms with Gasteiger partial charge in [-0.1, -0.05) is 32.9 Å². The van der Waals surface area contributed by atoms with E-state index in [0.717, 1.165) is 18.7 Å². The Kier molecular flexibility index (Phi) is 4.68. The average molecular weight is 343 g/mol. The number of benzene rings is 1. The van der Waals surface area contributed by atoms with Crippen LogP contribution in [-0.2, 0) is 16.6 Å². The van der Waals surface area contributed by atoms with Crippen LogP contribution in [0.3, 0.4) is 0 Å². The molecule has 0 saturated heterocycles. The lowest BCUT2D eigenvalue weighted by Crippen LogP contribution is -2.40. The van der Waals surface area contributed by atoms with Gasteiger partial charge in [-0.2, -0.15) is 0 Å². The number of thiophene rings is 1. The van der Waals surface area contributed by atoms with E-state index in [4.69, 9.17) is 4.74 Å². The summed E-state index contributed by atoms with van der Waals surface area (Å²) >= 11 is 1.79. The van der Waals surface area contributed by atoms with Crippen molar-refractivity contribution >= 4 is 17.2 Å². The second-order valence-corrected chi connectivity index (χ2v) is 8.38. The molecule has 4 heteroatoms. The highest BCUT2D eigenvalue weighted by molar-refractivity contribution is 7.10. The van der Waals surface area contributed by atoms with E-state index in [-0.39, 0.29) is 24.0 Å². The molecule has 1 amide bonds. The molecule has 128 valence electrons. The van der Waals surface area contributed by atoms with E-state index in [1.807, 2.05) is 17.0 Å². The number of hydrogen-bond acceptors (Lipinski definition) is 3. The highest BCUT2D eigenvalue weighted by atomic mass is 32.1. The average Bonchev–Trinajstić information content (AvgIpc) is 3.02. The third-order valence-corrected chi connectivity index (χ3v) is 5.68. The Labute approximate surface area is 148 Å². The monoisotopic (exact) mass is 343 g/mol. The lowest BCUT2D eigenvalue weighted by molar-refractivity contribution is -0.135. The van der Waals surface area contributed by atoms with Crippen LogP contribution in [0.15, 0.2) is 35.7 Å². The molecule has 0 bridgehead atoms. The van der Waals surface area contributed by atoms with Gasteiger partial charge in [0.15, 0.2) is 6.61 Å². The van der Waals surface area contributed by atoms with Gasteiger partial charge in [-0.3, -0.25) is 4.79 Å². The minimum Gasteiger partial charge on any atom is -0.484 e. The van der Waals surface area contributed by atoms with Crippen molar-refractivity contribution in [3.05, 3.63) is 51.7 Å². The first kappa shape index (κ1) is 17.0. The number of amides is 1.